The summed E-state index contributed by atoms with van der Waals surface area (Å²) in [6.45, 7) is 5.41. The predicted octanol–water partition coefficient (Wildman–Crippen LogP) is 3.86. The van der Waals surface area contributed by atoms with Crippen LogP contribution < -0.4 is 0 Å². The van der Waals surface area contributed by atoms with Gasteiger partial charge in [0.25, 0.3) is 0 Å². The van der Waals surface area contributed by atoms with Crippen LogP contribution in [0.2, 0.25) is 0 Å². The van der Waals surface area contributed by atoms with Crippen molar-refractivity contribution in [3.05, 3.63) is 35.1 Å². The van der Waals surface area contributed by atoms with Crippen LogP contribution in [0.3, 0.4) is 0 Å². The third-order valence-corrected chi connectivity index (χ3v) is 7.03. The minimum Gasteiger partial charge on any atom is -0.390 e. The smallest absolute Gasteiger partial charge is 0.225 e. The van der Waals surface area contributed by atoms with E-state index in [4.69, 9.17) is 0 Å². The molecule has 1 aromatic carbocycles. The van der Waals surface area contributed by atoms with Gasteiger partial charge in [0.2, 0.25) is 5.91 Å². The highest BCUT2D eigenvalue weighted by atomic mass is 19.1. The minimum atomic E-state index is -0.633. The van der Waals surface area contributed by atoms with Crippen molar-refractivity contribution in [2.45, 2.75) is 64.4 Å². The van der Waals surface area contributed by atoms with Gasteiger partial charge in [-0.15, -0.1) is 0 Å². The molecule has 1 aliphatic heterocycles. The number of aliphatic hydroxyl groups is 1. The number of carbonyl (C=O) groups excluding carboxylic acids is 1. The van der Waals surface area contributed by atoms with Gasteiger partial charge in [0.1, 0.15) is 5.82 Å². The molecule has 3 nitrogen and oxygen atoms in total. The van der Waals surface area contributed by atoms with Gasteiger partial charge < -0.3 is 10.0 Å². The van der Waals surface area contributed by atoms with Gasteiger partial charge in [-0.1, -0.05) is 18.2 Å². The Hall–Kier alpha value is -1.42. The highest BCUT2D eigenvalue weighted by molar-refractivity contribution is 5.81. The number of nitrogens with zero attached hydrogens (tertiary/aromatic N) is 1. The van der Waals surface area contributed by atoms with Crippen LogP contribution in [-0.2, 0) is 11.2 Å². The van der Waals surface area contributed by atoms with Crippen molar-refractivity contribution in [3.63, 3.8) is 0 Å². The average Bonchev–Trinajstić information content (AvgIpc) is 2.55. The van der Waals surface area contributed by atoms with Crippen molar-refractivity contribution in [1.29, 1.82) is 0 Å². The topological polar surface area (TPSA) is 40.5 Å². The monoisotopic (exact) mass is 359 g/mol. The Morgan fingerprint density at radius 3 is 2.54 bits per heavy atom. The van der Waals surface area contributed by atoms with Gasteiger partial charge in [-0.3, -0.25) is 4.79 Å². The number of likely N-dealkylation sites (tertiary alicyclic amines) is 1. The first-order chi connectivity index (χ1) is 12.3. The first-order valence-corrected chi connectivity index (χ1v) is 10.0. The zero-order valence-corrected chi connectivity index (χ0v) is 15.9. The van der Waals surface area contributed by atoms with E-state index < -0.39 is 5.60 Å². The van der Waals surface area contributed by atoms with Gasteiger partial charge in [-0.25, -0.2) is 4.39 Å². The molecule has 2 saturated carbocycles. The van der Waals surface area contributed by atoms with E-state index in [1.807, 2.05) is 36.9 Å². The van der Waals surface area contributed by atoms with Gasteiger partial charge in [0.15, 0.2) is 0 Å². The van der Waals surface area contributed by atoms with Crippen LogP contribution in [0.5, 0.6) is 0 Å². The summed E-state index contributed by atoms with van der Waals surface area (Å²) >= 11 is 0. The Balaban J connectivity index is 1.26. The van der Waals surface area contributed by atoms with Crippen LogP contribution in [-0.4, -0.2) is 34.6 Å². The Kier molecular flexibility index (Phi) is 4.37. The Morgan fingerprint density at radius 2 is 1.92 bits per heavy atom. The van der Waals surface area contributed by atoms with Gasteiger partial charge in [0, 0.05) is 24.4 Å². The maximum Gasteiger partial charge on any atom is 0.225 e. The van der Waals surface area contributed by atoms with Crippen LogP contribution in [0.25, 0.3) is 0 Å². The van der Waals surface area contributed by atoms with E-state index in [0.29, 0.717) is 24.2 Å². The van der Waals surface area contributed by atoms with Crippen molar-refractivity contribution >= 4 is 5.91 Å². The molecular formula is C22H30FNO2. The van der Waals surface area contributed by atoms with E-state index in [1.165, 1.54) is 0 Å². The number of amides is 1. The zero-order valence-electron chi connectivity index (χ0n) is 15.9. The highest BCUT2D eigenvalue weighted by Gasteiger charge is 2.51. The second-order valence-corrected chi connectivity index (χ2v) is 9.49. The molecule has 4 rings (SSSR count). The molecule has 3 aliphatic rings. The molecule has 1 spiro atoms. The number of hydrogen-bond donors (Lipinski definition) is 1. The maximum absolute atomic E-state index is 14.2. The second kappa shape index (κ2) is 6.33. The Bertz CT molecular complexity index is 690. The van der Waals surface area contributed by atoms with E-state index in [1.54, 1.807) is 0 Å². The first-order valence-electron chi connectivity index (χ1n) is 10.0. The Morgan fingerprint density at radius 1 is 1.27 bits per heavy atom. The number of carbonyl (C=O) groups is 1. The third kappa shape index (κ3) is 3.28. The van der Waals surface area contributed by atoms with Crippen molar-refractivity contribution in [3.8, 4) is 0 Å². The normalized spacial score (nSPS) is 30.8. The van der Waals surface area contributed by atoms with Gasteiger partial charge in [0.05, 0.1) is 5.60 Å². The number of hydrogen-bond acceptors (Lipinski definition) is 2. The molecule has 0 aromatic heterocycles. The fraction of sp³-hybridized carbons (Fsp3) is 0.682. The second-order valence-electron chi connectivity index (χ2n) is 9.49. The molecule has 1 amide bonds. The summed E-state index contributed by atoms with van der Waals surface area (Å²) in [5, 5.41) is 9.84. The molecule has 1 aromatic rings. The van der Waals surface area contributed by atoms with Crippen molar-refractivity contribution in [2.24, 2.45) is 17.3 Å². The lowest BCUT2D eigenvalue weighted by Crippen LogP contribution is -2.62. The molecule has 3 fully saturated rings. The quantitative estimate of drug-likeness (QED) is 0.890. The largest absolute Gasteiger partial charge is 0.390 e. The van der Waals surface area contributed by atoms with Gasteiger partial charge in [-0.2, -0.15) is 0 Å². The first kappa shape index (κ1) is 18.0. The van der Waals surface area contributed by atoms with E-state index in [-0.39, 0.29) is 17.6 Å². The Labute approximate surface area is 155 Å². The predicted molar refractivity (Wildman–Crippen MR) is 99.2 cm³/mol. The summed E-state index contributed by atoms with van der Waals surface area (Å²) < 4.78 is 14.2. The molecule has 0 unspecified atom stereocenters. The summed E-state index contributed by atoms with van der Waals surface area (Å²) in [6, 6.07) is 5.70. The summed E-state index contributed by atoms with van der Waals surface area (Å²) in [5.74, 6) is 0.794. The van der Waals surface area contributed by atoms with Crippen molar-refractivity contribution in [2.75, 3.05) is 13.1 Å². The number of benzene rings is 1. The SMILES string of the molecule is Cc1cccc(CC2CCC3(CC2)CN(C(=O)C2CC(C)(O)C2)C3)c1F. The van der Waals surface area contributed by atoms with Crippen LogP contribution in [0, 0.1) is 30.0 Å². The highest BCUT2D eigenvalue weighted by Crippen LogP contribution is 2.48. The van der Waals surface area contributed by atoms with E-state index >= 15 is 0 Å². The summed E-state index contributed by atoms with van der Waals surface area (Å²) in [6.07, 6.45) is 6.62. The van der Waals surface area contributed by atoms with Crippen LogP contribution in [0.1, 0.15) is 56.6 Å². The van der Waals surface area contributed by atoms with E-state index in [0.717, 1.165) is 56.3 Å². The fourth-order valence-corrected chi connectivity index (χ4v) is 5.34. The number of halogens is 1. The van der Waals surface area contributed by atoms with E-state index in [9.17, 15) is 14.3 Å². The molecule has 1 heterocycles. The zero-order chi connectivity index (χ0) is 18.5. The van der Waals surface area contributed by atoms with Crippen LogP contribution >= 0.6 is 0 Å². The summed E-state index contributed by atoms with van der Waals surface area (Å²) in [7, 11) is 0. The molecule has 26 heavy (non-hydrogen) atoms. The van der Waals surface area contributed by atoms with Crippen LogP contribution in [0.4, 0.5) is 4.39 Å². The number of rotatable bonds is 3. The summed E-state index contributed by atoms with van der Waals surface area (Å²) in [4.78, 5) is 14.5. The molecule has 1 saturated heterocycles. The lowest BCUT2D eigenvalue weighted by atomic mass is 9.64. The third-order valence-electron chi connectivity index (χ3n) is 7.03. The molecule has 0 bridgehead atoms. The molecule has 1 N–H and O–H groups in total. The average molecular weight is 359 g/mol. The van der Waals surface area contributed by atoms with Crippen LogP contribution in [0.15, 0.2) is 18.2 Å². The molecule has 142 valence electrons. The lowest BCUT2D eigenvalue weighted by molar-refractivity contribution is -0.163. The molecular weight excluding hydrogens is 329 g/mol. The molecule has 0 radical (unpaired) electrons. The standard InChI is InChI=1S/C22H30FNO2/c1-15-4-3-5-17(19(15)23)10-16-6-8-22(9-7-16)13-24(14-22)20(25)18-11-21(2,26)12-18/h3-5,16,18,26H,6-14H2,1-2H3. The molecule has 4 heteroatoms. The van der Waals surface area contributed by atoms with Crippen molar-refractivity contribution < 1.29 is 14.3 Å². The maximum atomic E-state index is 14.2. The summed E-state index contributed by atoms with van der Waals surface area (Å²) in [5.41, 5.74) is 1.27. The van der Waals surface area contributed by atoms with Crippen molar-refractivity contribution in [1.82, 2.24) is 4.90 Å². The van der Waals surface area contributed by atoms with Gasteiger partial charge in [-0.05, 0) is 75.8 Å². The lowest BCUT2D eigenvalue weighted by Gasteiger charge is -2.55. The fourth-order valence-electron chi connectivity index (χ4n) is 5.34. The van der Waals surface area contributed by atoms with Gasteiger partial charge >= 0.3 is 0 Å². The minimum absolute atomic E-state index is 0.0305. The van der Waals surface area contributed by atoms with E-state index in [2.05, 4.69) is 0 Å². The molecule has 2 aliphatic carbocycles. The molecule has 0 atom stereocenters. The number of aryl methyl sites for hydroxylation is 1.